The Morgan fingerprint density at radius 3 is 2.30 bits per heavy atom. The second-order valence-electron chi connectivity index (χ2n) is 6.16. The fraction of sp³-hybridized carbons (Fsp3) is 0.286. The number of ether oxygens (including phenoxy) is 1. The van der Waals surface area contributed by atoms with Crippen molar-refractivity contribution in [2.45, 2.75) is 31.6 Å². The molecule has 5 nitrogen and oxygen atoms in total. The molecule has 142 valence electrons. The highest BCUT2D eigenvalue weighted by Crippen LogP contribution is 2.16. The second kappa shape index (κ2) is 9.92. The van der Waals surface area contributed by atoms with Crippen molar-refractivity contribution < 1.29 is 19.1 Å². The summed E-state index contributed by atoms with van der Waals surface area (Å²) in [5.41, 5.74) is 3.41. The lowest BCUT2D eigenvalue weighted by atomic mass is 10.1. The van der Waals surface area contributed by atoms with E-state index < -0.39 is 11.9 Å². The van der Waals surface area contributed by atoms with Crippen LogP contribution in [0, 0.1) is 13.8 Å². The first-order valence-electron chi connectivity index (χ1n) is 8.59. The number of hydrogen-bond donors (Lipinski definition) is 1. The van der Waals surface area contributed by atoms with Gasteiger partial charge in [0.2, 0.25) is 0 Å². The summed E-state index contributed by atoms with van der Waals surface area (Å²) in [5, 5.41) is 2.68. The van der Waals surface area contributed by atoms with Gasteiger partial charge >= 0.3 is 5.97 Å². The van der Waals surface area contributed by atoms with E-state index in [1.807, 2.05) is 44.4 Å². The first-order chi connectivity index (χ1) is 12.9. The number of ketones is 1. The van der Waals surface area contributed by atoms with Crippen molar-refractivity contribution in [2.75, 3.05) is 18.2 Å². The number of amides is 1. The SMILES string of the molecule is CSc1ccc(C(=O)CCC(=O)OCC(=O)Nc2ccc(C)c(C)c2)cc1. The largest absolute Gasteiger partial charge is 0.456 e. The summed E-state index contributed by atoms with van der Waals surface area (Å²) >= 11 is 1.60. The summed E-state index contributed by atoms with van der Waals surface area (Å²) in [6, 6.07) is 12.8. The van der Waals surface area contributed by atoms with Crippen LogP contribution in [-0.4, -0.2) is 30.5 Å². The van der Waals surface area contributed by atoms with Crippen LogP contribution in [-0.2, 0) is 14.3 Å². The Bertz CT molecular complexity index is 831. The third-order valence-electron chi connectivity index (χ3n) is 4.12. The van der Waals surface area contributed by atoms with Gasteiger partial charge in [-0.05, 0) is 55.5 Å². The zero-order valence-electron chi connectivity index (χ0n) is 15.7. The van der Waals surface area contributed by atoms with Gasteiger partial charge in [-0.1, -0.05) is 18.2 Å². The fourth-order valence-electron chi connectivity index (χ4n) is 2.37. The molecule has 0 heterocycles. The summed E-state index contributed by atoms with van der Waals surface area (Å²) in [6.07, 6.45) is 1.96. The smallest absolute Gasteiger partial charge is 0.306 e. The van der Waals surface area contributed by atoms with Crippen LogP contribution in [0.2, 0.25) is 0 Å². The summed E-state index contributed by atoms with van der Waals surface area (Å²) in [7, 11) is 0. The van der Waals surface area contributed by atoms with E-state index in [2.05, 4.69) is 5.32 Å². The molecular formula is C21H23NO4S. The van der Waals surface area contributed by atoms with Gasteiger partial charge in [0, 0.05) is 22.6 Å². The molecule has 6 heteroatoms. The fourth-order valence-corrected chi connectivity index (χ4v) is 2.78. The van der Waals surface area contributed by atoms with Crippen LogP contribution in [0.4, 0.5) is 5.69 Å². The highest BCUT2D eigenvalue weighted by molar-refractivity contribution is 7.98. The number of thioether (sulfide) groups is 1. The molecule has 2 rings (SSSR count). The minimum absolute atomic E-state index is 0.0518. The number of benzene rings is 2. The van der Waals surface area contributed by atoms with Gasteiger partial charge < -0.3 is 10.1 Å². The average molecular weight is 385 g/mol. The maximum Gasteiger partial charge on any atom is 0.306 e. The van der Waals surface area contributed by atoms with Crippen LogP contribution < -0.4 is 5.32 Å². The number of carbonyl (C=O) groups excluding carboxylic acids is 3. The summed E-state index contributed by atoms with van der Waals surface area (Å²) in [6.45, 7) is 3.57. The predicted molar refractivity (Wildman–Crippen MR) is 107 cm³/mol. The van der Waals surface area contributed by atoms with Gasteiger partial charge in [0.1, 0.15) is 0 Å². The van der Waals surface area contributed by atoms with E-state index in [4.69, 9.17) is 4.74 Å². The van der Waals surface area contributed by atoms with Gasteiger partial charge in [-0.25, -0.2) is 0 Å². The average Bonchev–Trinajstić information content (AvgIpc) is 2.67. The third kappa shape index (κ3) is 6.57. The normalized spacial score (nSPS) is 10.3. The number of hydrogen-bond acceptors (Lipinski definition) is 5. The van der Waals surface area contributed by atoms with Gasteiger partial charge in [-0.3, -0.25) is 14.4 Å². The number of nitrogens with one attached hydrogen (secondary N) is 1. The van der Waals surface area contributed by atoms with E-state index in [1.165, 1.54) is 0 Å². The molecule has 0 radical (unpaired) electrons. The Kier molecular flexibility index (Phi) is 7.61. The molecular weight excluding hydrogens is 362 g/mol. The van der Waals surface area contributed by atoms with Crippen molar-refractivity contribution in [3.05, 3.63) is 59.2 Å². The molecule has 0 aromatic heterocycles. The van der Waals surface area contributed by atoms with Crippen LogP contribution in [0.5, 0.6) is 0 Å². The van der Waals surface area contributed by atoms with E-state index in [0.717, 1.165) is 16.0 Å². The molecule has 0 atom stereocenters. The van der Waals surface area contributed by atoms with Crippen LogP contribution in [0.15, 0.2) is 47.4 Å². The van der Waals surface area contributed by atoms with Gasteiger partial charge in [-0.2, -0.15) is 0 Å². The molecule has 0 fully saturated rings. The number of carbonyl (C=O) groups is 3. The highest BCUT2D eigenvalue weighted by atomic mass is 32.2. The maximum absolute atomic E-state index is 12.1. The number of Topliss-reactive ketones (excluding diaryl/α,β-unsaturated/α-hetero) is 1. The molecule has 1 amide bonds. The Morgan fingerprint density at radius 2 is 1.67 bits per heavy atom. The Hall–Kier alpha value is -2.60. The standard InChI is InChI=1S/C21H23NO4S/c1-14-4-7-17(12-15(14)2)22-20(24)13-26-21(25)11-10-19(23)16-5-8-18(27-3)9-6-16/h4-9,12H,10-11,13H2,1-3H3,(H,22,24). The Balaban J connectivity index is 1.74. The molecule has 0 aliphatic heterocycles. The zero-order valence-corrected chi connectivity index (χ0v) is 16.5. The van der Waals surface area contributed by atoms with E-state index in [1.54, 1.807) is 30.0 Å². The minimum atomic E-state index is -0.570. The molecule has 2 aromatic carbocycles. The quantitative estimate of drug-likeness (QED) is 0.419. The van der Waals surface area contributed by atoms with Gasteiger partial charge in [0.25, 0.3) is 5.91 Å². The topological polar surface area (TPSA) is 72.5 Å². The van der Waals surface area contributed by atoms with E-state index in [9.17, 15) is 14.4 Å². The van der Waals surface area contributed by atoms with Crippen LogP contribution in [0.1, 0.15) is 34.3 Å². The van der Waals surface area contributed by atoms with Crippen LogP contribution >= 0.6 is 11.8 Å². The molecule has 0 saturated heterocycles. The van der Waals surface area contributed by atoms with Crippen molar-refractivity contribution in [1.29, 1.82) is 0 Å². The Labute approximate surface area is 163 Å². The second-order valence-corrected chi connectivity index (χ2v) is 7.04. The van der Waals surface area contributed by atoms with Gasteiger partial charge in [0.15, 0.2) is 12.4 Å². The molecule has 1 N–H and O–H groups in total. The molecule has 0 spiro atoms. The van der Waals surface area contributed by atoms with E-state index >= 15 is 0 Å². The van der Waals surface area contributed by atoms with Crippen molar-refractivity contribution in [2.24, 2.45) is 0 Å². The van der Waals surface area contributed by atoms with Crippen LogP contribution in [0.3, 0.4) is 0 Å². The lowest BCUT2D eigenvalue weighted by Crippen LogP contribution is -2.21. The number of rotatable bonds is 8. The first kappa shape index (κ1) is 20.7. The maximum atomic E-state index is 12.1. The van der Waals surface area contributed by atoms with Gasteiger partial charge in [0.05, 0.1) is 6.42 Å². The number of anilines is 1. The predicted octanol–water partition coefficient (Wildman–Crippen LogP) is 4.17. The highest BCUT2D eigenvalue weighted by Gasteiger charge is 2.12. The molecule has 0 aliphatic rings. The van der Waals surface area contributed by atoms with Crippen molar-refractivity contribution in [1.82, 2.24) is 0 Å². The summed E-state index contributed by atoms with van der Waals surface area (Å²) < 4.78 is 4.95. The molecule has 0 aliphatic carbocycles. The lowest BCUT2D eigenvalue weighted by molar-refractivity contribution is -0.147. The third-order valence-corrected chi connectivity index (χ3v) is 4.87. The van der Waals surface area contributed by atoms with E-state index in [0.29, 0.717) is 11.3 Å². The molecule has 27 heavy (non-hydrogen) atoms. The van der Waals surface area contributed by atoms with E-state index in [-0.39, 0.29) is 25.2 Å². The Morgan fingerprint density at radius 1 is 0.963 bits per heavy atom. The van der Waals surface area contributed by atoms with Crippen molar-refractivity contribution in [3.63, 3.8) is 0 Å². The lowest BCUT2D eigenvalue weighted by Gasteiger charge is -2.08. The monoisotopic (exact) mass is 385 g/mol. The molecule has 0 unspecified atom stereocenters. The molecule has 0 saturated carbocycles. The molecule has 0 bridgehead atoms. The zero-order chi connectivity index (χ0) is 19.8. The summed E-state index contributed by atoms with van der Waals surface area (Å²) in [5.74, 6) is -1.11. The van der Waals surface area contributed by atoms with Crippen LogP contribution in [0.25, 0.3) is 0 Å². The minimum Gasteiger partial charge on any atom is -0.456 e. The van der Waals surface area contributed by atoms with Gasteiger partial charge in [-0.15, -0.1) is 11.8 Å². The van der Waals surface area contributed by atoms with Crippen molar-refractivity contribution >= 4 is 35.1 Å². The molecule has 2 aromatic rings. The number of esters is 1. The number of aryl methyl sites for hydroxylation is 2. The summed E-state index contributed by atoms with van der Waals surface area (Å²) in [4.78, 5) is 36.8. The van der Waals surface area contributed by atoms with Crippen molar-refractivity contribution in [3.8, 4) is 0 Å². The first-order valence-corrected chi connectivity index (χ1v) is 9.81.